The average molecular weight is 294 g/mol. The first-order valence-corrected chi connectivity index (χ1v) is 8.33. The highest BCUT2D eigenvalue weighted by Gasteiger charge is 2.39. The van der Waals surface area contributed by atoms with Gasteiger partial charge >= 0.3 is 0 Å². The molecule has 2 aromatic rings. The summed E-state index contributed by atoms with van der Waals surface area (Å²) in [4.78, 5) is 0. The van der Waals surface area contributed by atoms with Gasteiger partial charge in [0.05, 0.1) is 0 Å². The van der Waals surface area contributed by atoms with E-state index in [1.165, 1.54) is 36.8 Å². The van der Waals surface area contributed by atoms with Gasteiger partial charge in [0.2, 0.25) is 0 Å². The van der Waals surface area contributed by atoms with Crippen LogP contribution in [0.5, 0.6) is 11.5 Å². The van der Waals surface area contributed by atoms with E-state index in [2.05, 4.69) is 18.2 Å². The van der Waals surface area contributed by atoms with Crippen molar-refractivity contribution in [2.45, 2.75) is 43.9 Å². The quantitative estimate of drug-likeness (QED) is 0.799. The van der Waals surface area contributed by atoms with E-state index in [9.17, 15) is 10.2 Å². The predicted molar refractivity (Wildman–Crippen MR) is 87.4 cm³/mol. The molecule has 3 unspecified atom stereocenters. The van der Waals surface area contributed by atoms with Gasteiger partial charge in [-0.3, -0.25) is 0 Å². The molecule has 2 aliphatic carbocycles. The molecule has 1 fully saturated rings. The van der Waals surface area contributed by atoms with Crippen molar-refractivity contribution in [3.63, 3.8) is 0 Å². The molecule has 0 saturated heterocycles. The Morgan fingerprint density at radius 1 is 0.818 bits per heavy atom. The van der Waals surface area contributed by atoms with E-state index < -0.39 is 0 Å². The number of fused-ring (bicyclic) bond motifs is 3. The normalized spacial score (nSPS) is 27.0. The maximum Gasteiger partial charge on any atom is 0.119 e. The Bertz CT molecular complexity index is 675. The molecule has 0 aliphatic heterocycles. The number of phenolic OH excluding ortho intramolecular Hbond substituents is 2. The summed E-state index contributed by atoms with van der Waals surface area (Å²) in [6.07, 6.45) is 6.01. The van der Waals surface area contributed by atoms with Crippen LogP contribution in [-0.2, 0) is 6.42 Å². The van der Waals surface area contributed by atoms with E-state index in [1.54, 1.807) is 12.1 Å². The van der Waals surface area contributed by atoms with Crippen LogP contribution in [0.4, 0.5) is 0 Å². The summed E-state index contributed by atoms with van der Waals surface area (Å²) >= 11 is 0. The van der Waals surface area contributed by atoms with Crippen LogP contribution < -0.4 is 0 Å². The first-order valence-electron chi connectivity index (χ1n) is 8.33. The molecule has 0 heterocycles. The Hall–Kier alpha value is -1.96. The van der Waals surface area contributed by atoms with Crippen LogP contribution in [0.25, 0.3) is 0 Å². The Kier molecular flexibility index (Phi) is 3.33. The van der Waals surface area contributed by atoms with Crippen molar-refractivity contribution >= 4 is 0 Å². The highest BCUT2D eigenvalue weighted by atomic mass is 16.3. The molecular weight excluding hydrogens is 272 g/mol. The third-order valence-corrected chi connectivity index (χ3v) is 5.67. The van der Waals surface area contributed by atoms with Crippen LogP contribution in [0.15, 0.2) is 42.5 Å². The first-order chi connectivity index (χ1) is 10.7. The van der Waals surface area contributed by atoms with Gasteiger partial charge in [-0.15, -0.1) is 0 Å². The number of benzene rings is 2. The molecule has 2 nitrogen and oxygen atoms in total. The molecule has 114 valence electrons. The van der Waals surface area contributed by atoms with E-state index in [-0.39, 0.29) is 0 Å². The zero-order valence-electron chi connectivity index (χ0n) is 12.7. The Morgan fingerprint density at radius 3 is 2.41 bits per heavy atom. The number of aromatic hydroxyl groups is 2. The van der Waals surface area contributed by atoms with E-state index in [1.807, 2.05) is 12.1 Å². The van der Waals surface area contributed by atoms with Crippen molar-refractivity contribution in [3.05, 3.63) is 59.2 Å². The second-order valence-corrected chi connectivity index (χ2v) is 6.80. The molecule has 1 saturated carbocycles. The van der Waals surface area contributed by atoms with Crippen LogP contribution in [0.3, 0.4) is 0 Å². The molecule has 2 aliphatic rings. The molecule has 22 heavy (non-hydrogen) atoms. The average Bonchev–Trinajstić information content (AvgIpc) is 2.55. The summed E-state index contributed by atoms with van der Waals surface area (Å²) in [7, 11) is 0. The molecule has 0 aromatic heterocycles. The lowest BCUT2D eigenvalue weighted by Crippen LogP contribution is -2.30. The molecule has 0 radical (unpaired) electrons. The lowest BCUT2D eigenvalue weighted by molar-refractivity contribution is 0.240. The first kappa shape index (κ1) is 13.7. The zero-order valence-corrected chi connectivity index (χ0v) is 12.7. The largest absolute Gasteiger partial charge is 0.508 e. The van der Waals surface area contributed by atoms with Gasteiger partial charge in [-0.1, -0.05) is 37.1 Å². The predicted octanol–water partition coefficient (Wildman–Crippen LogP) is 4.71. The Morgan fingerprint density at radius 2 is 1.59 bits per heavy atom. The number of rotatable bonds is 1. The summed E-state index contributed by atoms with van der Waals surface area (Å²) in [5.41, 5.74) is 3.81. The fourth-order valence-corrected chi connectivity index (χ4v) is 4.65. The van der Waals surface area contributed by atoms with Crippen molar-refractivity contribution in [2.24, 2.45) is 5.92 Å². The lowest BCUT2D eigenvalue weighted by Gasteiger charge is -2.43. The summed E-state index contributed by atoms with van der Waals surface area (Å²) in [5, 5.41) is 19.9. The second kappa shape index (κ2) is 5.35. The van der Waals surface area contributed by atoms with Gasteiger partial charge in [0.1, 0.15) is 11.5 Å². The minimum Gasteiger partial charge on any atom is -0.508 e. The highest BCUT2D eigenvalue weighted by Crippen LogP contribution is 2.52. The maximum atomic E-state index is 10.3. The van der Waals surface area contributed by atoms with Crippen LogP contribution in [0.1, 0.15) is 54.2 Å². The van der Waals surface area contributed by atoms with E-state index in [4.69, 9.17) is 0 Å². The summed E-state index contributed by atoms with van der Waals surface area (Å²) in [6, 6.07) is 13.7. The molecule has 2 N–H and O–H groups in total. The van der Waals surface area contributed by atoms with Gasteiger partial charge in [-0.2, -0.15) is 0 Å². The van der Waals surface area contributed by atoms with E-state index >= 15 is 0 Å². The maximum absolute atomic E-state index is 10.3. The van der Waals surface area contributed by atoms with Crippen molar-refractivity contribution in [1.29, 1.82) is 0 Å². The zero-order chi connectivity index (χ0) is 15.1. The SMILES string of the molecule is Oc1ccc(C2Cc3c(O)cccc3C3CCCCC23)cc1. The van der Waals surface area contributed by atoms with Crippen LogP contribution in [0.2, 0.25) is 0 Å². The molecule has 0 spiro atoms. The molecule has 0 amide bonds. The Labute approximate surface area is 131 Å². The van der Waals surface area contributed by atoms with Gasteiger partial charge in [0.15, 0.2) is 0 Å². The fraction of sp³-hybridized carbons (Fsp3) is 0.400. The molecule has 2 aromatic carbocycles. The summed E-state index contributed by atoms with van der Waals surface area (Å²) in [5.74, 6) is 2.45. The van der Waals surface area contributed by atoms with Gasteiger partial charge in [0, 0.05) is 0 Å². The van der Waals surface area contributed by atoms with Gasteiger partial charge in [-0.25, -0.2) is 0 Å². The molecule has 2 heteroatoms. The molecule has 4 rings (SSSR count). The summed E-state index contributed by atoms with van der Waals surface area (Å²) < 4.78 is 0. The van der Waals surface area contributed by atoms with Crippen LogP contribution >= 0.6 is 0 Å². The lowest BCUT2D eigenvalue weighted by atomic mass is 9.61. The van der Waals surface area contributed by atoms with Crippen LogP contribution in [0, 0.1) is 5.92 Å². The number of phenols is 2. The van der Waals surface area contributed by atoms with Gasteiger partial charge < -0.3 is 10.2 Å². The monoisotopic (exact) mass is 294 g/mol. The van der Waals surface area contributed by atoms with Gasteiger partial charge in [-0.05, 0) is 71.9 Å². The van der Waals surface area contributed by atoms with Crippen molar-refractivity contribution in [3.8, 4) is 11.5 Å². The van der Waals surface area contributed by atoms with E-state index in [0.717, 1.165) is 12.0 Å². The van der Waals surface area contributed by atoms with E-state index in [0.29, 0.717) is 29.3 Å². The fourth-order valence-electron chi connectivity index (χ4n) is 4.65. The summed E-state index contributed by atoms with van der Waals surface area (Å²) in [6.45, 7) is 0. The molecule has 3 atom stereocenters. The topological polar surface area (TPSA) is 40.5 Å². The van der Waals surface area contributed by atoms with Crippen LogP contribution in [-0.4, -0.2) is 10.2 Å². The minimum absolute atomic E-state index is 0.322. The van der Waals surface area contributed by atoms with Crippen molar-refractivity contribution < 1.29 is 10.2 Å². The highest BCUT2D eigenvalue weighted by molar-refractivity contribution is 5.46. The molecule has 0 bridgehead atoms. The third kappa shape index (κ3) is 2.18. The smallest absolute Gasteiger partial charge is 0.119 e. The molecular formula is C20H22O2. The van der Waals surface area contributed by atoms with Crippen molar-refractivity contribution in [1.82, 2.24) is 0 Å². The van der Waals surface area contributed by atoms with Gasteiger partial charge in [0.25, 0.3) is 0 Å². The van der Waals surface area contributed by atoms with Crippen molar-refractivity contribution in [2.75, 3.05) is 0 Å². The number of hydrogen-bond donors (Lipinski definition) is 2. The minimum atomic E-state index is 0.322. The number of hydrogen-bond acceptors (Lipinski definition) is 2. The Balaban J connectivity index is 1.79. The standard InChI is InChI=1S/C20H22O2/c21-14-10-8-13(9-11-14)18-12-19-17(6-3-7-20(19)22)15-4-1-2-5-16(15)18/h3,6-11,15-16,18,21-22H,1-2,4-5,12H2. The third-order valence-electron chi connectivity index (χ3n) is 5.67. The second-order valence-electron chi connectivity index (χ2n) is 6.80.